The quantitative estimate of drug-likeness (QED) is 0.876. The lowest BCUT2D eigenvalue weighted by Crippen LogP contribution is -2.42. The van der Waals surface area contributed by atoms with E-state index in [1.807, 2.05) is 0 Å². The number of ether oxygens (including phenoxy) is 1. The van der Waals surface area contributed by atoms with Crippen molar-refractivity contribution in [2.75, 3.05) is 26.3 Å². The number of alkyl halides is 3. The van der Waals surface area contributed by atoms with Gasteiger partial charge in [0.2, 0.25) is 5.89 Å². The number of nitrogens with zero attached hydrogens (tertiary/aromatic N) is 2. The molecule has 0 saturated carbocycles. The molecule has 1 unspecified atom stereocenters. The largest absolute Gasteiger partial charge is 0.441 e. The van der Waals surface area contributed by atoms with E-state index >= 15 is 0 Å². The Morgan fingerprint density at radius 1 is 1.35 bits per heavy atom. The zero-order chi connectivity index (χ0) is 18.7. The van der Waals surface area contributed by atoms with Gasteiger partial charge in [0.15, 0.2) is 0 Å². The van der Waals surface area contributed by atoms with Gasteiger partial charge in [-0.15, -0.1) is 0 Å². The van der Waals surface area contributed by atoms with Crippen molar-refractivity contribution in [2.45, 2.75) is 32.2 Å². The molecule has 1 aromatic heterocycles. The van der Waals surface area contributed by atoms with Crippen molar-refractivity contribution >= 4 is 0 Å². The molecule has 26 heavy (non-hydrogen) atoms. The Morgan fingerprint density at radius 2 is 2.15 bits per heavy atom. The molecular weight excluding hydrogens is 349 g/mol. The molecule has 142 valence electrons. The Balaban J connectivity index is 1.75. The molecule has 1 aliphatic rings. The number of halogens is 3. The van der Waals surface area contributed by atoms with Crippen LogP contribution in [0.2, 0.25) is 0 Å². The molecule has 1 aromatic carbocycles. The molecule has 2 heterocycles. The summed E-state index contributed by atoms with van der Waals surface area (Å²) in [6.45, 7) is 4.33. The maximum absolute atomic E-state index is 12.9. The minimum Gasteiger partial charge on any atom is -0.441 e. The monoisotopic (exact) mass is 370 g/mol. The normalized spacial score (nSPS) is 19.0. The van der Waals surface area contributed by atoms with E-state index in [2.05, 4.69) is 9.88 Å². The number of oxazole rings is 1. The van der Waals surface area contributed by atoms with Crippen molar-refractivity contribution in [2.24, 2.45) is 0 Å². The zero-order valence-corrected chi connectivity index (χ0v) is 14.4. The molecule has 0 spiro atoms. The van der Waals surface area contributed by atoms with E-state index in [1.54, 1.807) is 13.0 Å². The van der Waals surface area contributed by atoms with E-state index in [1.165, 1.54) is 6.07 Å². The summed E-state index contributed by atoms with van der Waals surface area (Å²) in [6, 6.07) is 4.96. The molecule has 3 rings (SSSR count). The third kappa shape index (κ3) is 4.44. The van der Waals surface area contributed by atoms with Crippen molar-refractivity contribution in [3.63, 3.8) is 0 Å². The number of morpholine rings is 1. The van der Waals surface area contributed by atoms with E-state index in [0.717, 1.165) is 18.7 Å². The molecular formula is C18H21F3N2O3. The molecule has 5 nitrogen and oxygen atoms in total. The molecule has 2 aromatic rings. The molecule has 1 atom stereocenters. The van der Waals surface area contributed by atoms with Crippen LogP contribution in [-0.4, -0.2) is 47.4 Å². The average molecular weight is 370 g/mol. The van der Waals surface area contributed by atoms with Crippen molar-refractivity contribution < 1.29 is 27.4 Å². The summed E-state index contributed by atoms with van der Waals surface area (Å²) in [5, 5.41) is 9.04. The lowest BCUT2D eigenvalue weighted by molar-refractivity contribution is -0.137. The van der Waals surface area contributed by atoms with Crippen LogP contribution in [0.5, 0.6) is 0 Å². The van der Waals surface area contributed by atoms with Crippen LogP contribution in [0.3, 0.4) is 0 Å². The second-order valence-corrected chi connectivity index (χ2v) is 6.34. The van der Waals surface area contributed by atoms with Crippen LogP contribution in [0.15, 0.2) is 28.7 Å². The second kappa shape index (κ2) is 7.77. The number of hydrogen-bond donors (Lipinski definition) is 1. The van der Waals surface area contributed by atoms with Crippen molar-refractivity contribution in [3.05, 3.63) is 41.3 Å². The maximum Gasteiger partial charge on any atom is 0.416 e. The van der Waals surface area contributed by atoms with Crippen LogP contribution in [0.1, 0.15) is 23.4 Å². The van der Waals surface area contributed by atoms with Gasteiger partial charge in [0, 0.05) is 31.8 Å². The Hall–Kier alpha value is -1.90. The summed E-state index contributed by atoms with van der Waals surface area (Å²) in [4.78, 5) is 6.55. The Morgan fingerprint density at radius 3 is 2.88 bits per heavy atom. The Bertz CT molecular complexity index is 744. The van der Waals surface area contributed by atoms with Crippen LogP contribution >= 0.6 is 0 Å². The van der Waals surface area contributed by atoms with Crippen LogP contribution in [0, 0.1) is 6.92 Å². The van der Waals surface area contributed by atoms with Gasteiger partial charge < -0.3 is 14.3 Å². The van der Waals surface area contributed by atoms with Gasteiger partial charge in [0.1, 0.15) is 5.76 Å². The summed E-state index contributed by atoms with van der Waals surface area (Å²) < 4.78 is 49.9. The van der Waals surface area contributed by atoms with Gasteiger partial charge in [-0.1, -0.05) is 6.07 Å². The number of benzene rings is 1. The van der Waals surface area contributed by atoms with Gasteiger partial charge in [-0.05, 0) is 31.5 Å². The average Bonchev–Trinajstić information content (AvgIpc) is 2.96. The summed E-state index contributed by atoms with van der Waals surface area (Å²) in [5.74, 6) is 0.770. The number of aryl methyl sites for hydroxylation is 1. The Labute approximate surface area is 149 Å². The topological polar surface area (TPSA) is 58.7 Å². The van der Waals surface area contributed by atoms with E-state index in [9.17, 15) is 13.2 Å². The lowest BCUT2D eigenvalue weighted by atomic mass is 10.1. The van der Waals surface area contributed by atoms with Crippen molar-refractivity contribution in [1.29, 1.82) is 0 Å². The molecule has 8 heteroatoms. The highest BCUT2D eigenvalue weighted by Crippen LogP contribution is 2.32. The van der Waals surface area contributed by atoms with Crippen LogP contribution < -0.4 is 0 Å². The highest BCUT2D eigenvalue weighted by Gasteiger charge is 2.31. The van der Waals surface area contributed by atoms with Crippen LogP contribution in [0.25, 0.3) is 11.5 Å². The minimum atomic E-state index is -4.41. The summed E-state index contributed by atoms with van der Waals surface area (Å²) in [6.07, 6.45) is -3.86. The minimum absolute atomic E-state index is 0.0242. The molecule has 0 amide bonds. The first-order valence-corrected chi connectivity index (χ1v) is 8.45. The van der Waals surface area contributed by atoms with Crippen molar-refractivity contribution in [3.8, 4) is 11.5 Å². The number of aliphatic hydroxyl groups is 1. The smallest absolute Gasteiger partial charge is 0.416 e. The Kier molecular flexibility index (Phi) is 5.64. The molecule has 1 aliphatic heterocycles. The fourth-order valence-corrected chi connectivity index (χ4v) is 2.98. The summed E-state index contributed by atoms with van der Waals surface area (Å²) in [5.41, 5.74) is 0.267. The number of rotatable bonds is 5. The molecule has 0 bridgehead atoms. The van der Waals surface area contributed by atoms with Gasteiger partial charge in [0.25, 0.3) is 0 Å². The first kappa shape index (κ1) is 18.9. The first-order valence-electron chi connectivity index (χ1n) is 8.45. The van der Waals surface area contributed by atoms with Gasteiger partial charge in [-0.2, -0.15) is 13.2 Å². The molecule has 0 aliphatic carbocycles. The standard InChI is InChI=1S/C18H21F3N2O3/c1-12-16(11-23-6-8-25-15(10-23)5-7-24)22-17(26-12)13-3-2-4-14(9-13)18(19,20)21/h2-4,9,15,24H,5-8,10-11H2,1H3. The second-order valence-electron chi connectivity index (χ2n) is 6.34. The van der Waals surface area contributed by atoms with Gasteiger partial charge >= 0.3 is 6.18 Å². The summed E-state index contributed by atoms with van der Waals surface area (Å²) in [7, 11) is 0. The third-order valence-corrected chi connectivity index (χ3v) is 4.38. The van der Waals surface area contributed by atoms with Gasteiger partial charge in [-0.3, -0.25) is 4.90 Å². The molecule has 0 radical (unpaired) electrons. The number of hydrogen-bond acceptors (Lipinski definition) is 5. The molecule has 1 N–H and O–H groups in total. The predicted molar refractivity (Wildman–Crippen MR) is 88.4 cm³/mol. The van der Waals surface area contributed by atoms with Gasteiger partial charge in [-0.25, -0.2) is 4.98 Å². The van der Waals surface area contributed by atoms with Crippen LogP contribution in [-0.2, 0) is 17.5 Å². The van der Waals surface area contributed by atoms with E-state index in [4.69, 9.17) is 14.3 Å². The molecule has 1 saturated heterocycles. The number of aliphatic hydroxyl groups excluding tert-OH is 1. The summed E-state index contributed by atoms with van der Waals surface area (Å²) >= 11 is 0. The molecule has 1 fully saturated rings. The SMILES string of the molecule is Cc1oc(-c2cccc(C(F)(F)F)c2)nc1CN1CCOC(CCO)C1. The lowest BCUT2D eigenvalue weighted by Gasteiger charge is -2.32. The fraction of sp³-hybridized carbons (Fsp3) is 0.500. The van der Waals surface area contributed by atoms with Crippen LogP contribution in [0.4, 0.5) is 13.2 Å². The third-order valence-electron chi connectivity index (χ3n) is 4.38. The highest BCUT2D eigenvalue weighted by atomic mass is 19.4. The fourth-order valence-electron chi connectivity index (χ4n) is 2.98. The van der Waals surface area contributed by atoms with E-state index < -0.39 is 11.7 Å². The zero-order valence-electron chi connectivity index (χ0n) is 14.4. The van der Waals surface area contributed by atoms with E-state index in [0.29, 0.717) is 43.1 Å². The predicted octanol–water partition coefficient (Wildman–Crippen LogP) is 3.25. The maximum atomic E-state index is 12.9. The number of aromatic nitrogens is 1. The first-order chi connectivity index (χ1) is 12.4. The van der Waals surface area contributed by atoms with Crippen molar-refractivity contribution in [1.82, 2.24) is 9.88 Å². The van der Waals surface area contributed by atoms with Gasteiger partial charge in [0.05, 0.1) is 24.0 Å². The van der Waals surface area contributed by atoms with E-state index in [-0.39, 0.29) is 18.6 Å². The highest BCUT2D eigenvalue weighted by molar-refractivity contribution is 5.55.